The molecule has 0 bridgehead atoms. The normalized spacial score (nSPS) is 20.3. The largest absolute Gasteiger partial charge is 0.497 e. The summed E-state index contributed by atoms with van der Waals surface area (Å²) >= 11 is 0. The lowest BCUT2D eigenvalue weighted by Gasteiger charge is -2.21. The van der Waals surface area contributed by atoms with Gasteiger partial charge >= 0.3 is 5.97 Å². The number of carbonyl (C=O) groups is 2. The van der Waals surface area contributed by atoms with Crippen molar-refractivity contribution in [3.05, 3.63) is 29.8 Å². The topological polar surface area (TPSA) is 63.6 Å². The molecule has 1 aliphatic carbocycles. The van der Waals surface area contributed by atoms with E-state index in [1.807, 2.05) is 24.3 Å². The minimum Gasteiger partial charge on any atom is -0.497 e. The van der Waals surface area contributed by atoms with Gasteiger partial charge in [0.1, 0.15) is 11.5 Å². The summed E-state index contributed by atoms with van der Waals surface area (Å²) in [5, 5.41) is 9.08. The molecular formula is C15H18O4. The fraction of sp³-hybridized carbons (Fsp3) is 0.467. The summed E-state index contributed by atoms with van der Waals surface area (Å²) < 4.78 is 5.17. The van der Waals surface area contributed by atoms with E-state index in [9.17, 15) is 9.59 Å². The molecule has 102 valence electrons. The molecule has 0 saturated heterocycles. The monoisotopic (exact) mass is 262 g/mol. The van der Waals surface area contributed by atoms with Gasteiger partial charge in [-0.05, 0) is 30.5 Å². The minimum atomic E-state index is -0.868. The van der Waals surface area contributed by atoms with Crippen molar-refractivity contribution in [2.24, 2.45) is 5.92 Å². The van der Waals surface area contributed by atoms with Crippen LogP contribution in [0.4, 0.5) is 0 Å². The van der Waals surface area contributed by atoms with Gasteiger partial charge in [-0.2, -0.15) is 0 Å². The van der Waals surface area contributed by atoms with Crippen molar-refractivity contribution in [2.45, 2.75) is 31.6 Å². The molecule has 1 aromatic rings. The highest BCUT2D eigenvalue weighted by molar-refractivity contribution is 5.84. The Kier molecular flexibility index (Phi) is 4.20. The number of carbonyl (C=O) groups excluding carboxylic acids is 1. The van der Waals surface area contributed by atoms with Crippen molar-refractivity contribution in [1.29, 1.82) is 0 Å². The lowest BCUT2D eigenvalue weighted by molar-refractivity contribution is -0.137. The van der Waals surface area contributed by atoms with Crippen LogP contribution in [-0.2, 0) is 9.59 Å². The van der Waals surface area contributed by atoms with Crippen LogP contribution in [0.15, 0.2) is 24.3 Å². The second kappa shape index (κ2) is 5.87. The molecule has 4 heteroatoms. The maximum Gasteiger partial charge on any atom is 0.303 e. The van der Waals surface area contributed by atoms with Gasteiger partial charge in [0.15, 0.2) is 0 Å². The van der Waals surface area contributed by atoms with E-state index in [1.54, 1.807) is 7.11 Å². The third kappa shape index (κ3) is 3.13. The fourth-order valence-electron chi connectivity index (χ4n) is 2.82. The summed E-state index contributed by atoms with van der Waals surface area (Å²) in [7, 11) is 1.58. The number of ether oxygens (including phenoxy) is 1. The Bertz CT molecular complexity index is 481. The van der Waals surface area contributed by atoms with Crippen LogP contribution in [0.3, 0.4) is 0 Å². The van der Waals surface area contributed by atoms with E-state index in [-0.39, 0.29) is 24.0 Å². The van der Waals surface area contributed by atoms with Crippen LogP contribution >= 0.6 is 0 Å². The van der Waals surface area contributed by atoms with Crippen molar-refractivity contribution in [1.82, 2.24) is 0 Å². The average Bonchev–Trinajstić information content (AvgIpc) is 2.82. The van der Waals surface area contributed by atoms with Crippen molar-refractivity contribution < 1.29 is 19.4 Å². The van der Waals surface area contributed by atoms with Gasteiger partial charge in [0.2, 0.25) is 0 Å². The minimum absolute atomic E-state index is 0.0103. The van der Waals surface area contributed by atoms with E-state index in [1.165, 1.54) is 0 Å². The smallest absolute Gasteiger partial charge is 0.303 e. The van der Waals surface area contributed by atoms with E-state index in [0.717, 1.165) is 18.4 Å². The third-order valence-electron chi connectivity index (χ3n) is 3.75. The highest BCUT2D eigenvalue weighted by atomic mass is 16.5. The second-order valence-corrected chi connectivity index (χ2v) is 4.95. The van der Waals surface area contributed by atoms with Gasteiger partial charge in [0.05, 0.1) is 13.5 Å². The van der Waals surface area contributed by atoms with Crippen LogP contribution < -0.4 is 4.74 Å². The highest BCUT2D eigenvalue weighted by Crippen LogP contribution is 2.38. The molecule has 1 saturated carbocycles. The zero-order valence-corrected chi connectivity index (χ0v) is 11.0. The maximum absolute atomic E-state index is 11.9. The second-order valence-electron chi connectivity index (χ2n) is 4.95. The molecular weight excluding hydrogens is 244 g/mol. The van der Waals surface area contributed by atoms with Crippen LogP contribution in [0.1, 0.15) is 37.2 Å². The van der Waals surface area contributed by atoms with Crippen LogP contribution in [0, 0.1) is 5.92 Å². The van der Waals surface area contributed by atoms with Gasteiger partial charge < -0.3 is 9.84 Å². The predicted molar refractivity (Wildman–Crippen MR) is 70.3 cm³/mol. The van der Waals surface area contributed by atoms with E-state index < -0.39 is 5.97 Å². The standard InChI is InChI=1S/C15H18O4/c1-19-11-5-2-4-10(8-11)13(9-15(17)18)12-6-3-7-14(12)16/h2,4-5,8,12-13H,3,6-7,9H2,1H3,(H,17,18)/t12-,13-/m0/s1. The van der Waals surface area contributed by atoms with E-state index >= 15 is 0 Å². The third-order valence-corrected chi connectivity index (χ3v) is 3.75. The SMILES string of the molecule is COc1cccc([C@H](CC(=O)O)[C@@H]2CCCC2=O)c1. The molecule has 0 spiro atoms. The lowest BCUT2D eigenvalue weighted by atomic mass is 9.82. The summed E-state index contributed by atoms with van der Waals surface area (Å²) in [4.78, 5) is 23.0. The van der Waals surface area contributed by atoms with Crippen molar-refractivity contribution in [3.8, 4) is 5.75 Å². The summed E-state index contributed by atoms with van der Waals surface area (Å²) in [5.74, 6) is -0.397. The van der Waals surface area contributed by atoms with Gasteiger partial charge in [-0.25, -0.2) is 0 Å². The molecule has 0 aromatic heterocycles. The molecule has 2 atom stereocenters. The number of rotatable bonds is 5. The van der Waals surface area contributed by atoms with Crippen LogP contribution in [-0.4, -0.2) is 24.0 Å². The molecule has 1 N–H and O–H groups in total. The molecule has 2 rings (SSSR count). The Morgan fingerprint density at radius 3 is 2.89 bits per heavy atom. The number of Topliss-reactive ketones (excluding diaryl/α,β-unsaturated/α-hetero) is 1. The van der Waals surface area contributed by atoms with E-state index in [2.05, 4.69) is 0 Å². The van der Waals surface area contributed by atoms with E-state index in [0.29, 0.717) is 12.2 Å². The molecule has 0 amide bonds. The van der Waals surface area contributed by atoms with Gasteiger partial charge in [0.25, 0.3) is 0 Å². The van der Waals surface area contributed by atoms with Crippen molar-refractivity contribution >= 4 is 11.8 Å². The first-order chi connectivity index (χ1) is 9.11. The maximum atomic E-state index is 11.9. The molecule has 0 unspecified atom stereocenters. The Morgan fingerprint density at radius 2 is 2.32 bits per heavy atom. The van der Waals surface area contributed by atoms with Gasteiger partial charge in [-0.3, -0.25) is 9.59 Å². The van der Waals surface area contributed by atoms with Gasteiger partial charge in [-0.1, -0.05) is 12.1 Å². The molecule has 0 radical (unpaired) electrons. The molecule has 1 fully saturated rings. The first-order valence-electron chi connectivity index (χ1n) is 6.50. The zero-order chi connectivity index (χ0) is 13.8. The molecule has 19 heavy (non-hydrogen) atoms. The number of ketones is 1. The Balaban J connectivity index is 2.30. The summed E-state index contributed by atoms with van der Waals surface area (Å²) in [5.41, 5.74) is 0.877. The molecule has 0 heterocycles. The van der Waals surface area contributed by atoms with E-state index in [4.69, 9.17) is 9.84 Å². The summed E-state index contributed by atoms with van der Waals surface area (Å²) in [6, 6.07) is 7.36. The number of carboxylic acids is 1. The molecule has 4 nitrogen and oxygen atoms in total. The van der Waals surface area contributed by atoms with Crippen LogP contribution in [0.5, 0.6) is 5.75 Å². The Morgan fingerprint density at radius 1 is 1.53 bits per heavy atom. The molecule has 1 aromatic carbocycles. The number of hydrogen-bond donors (Lipinski definition) is 1. The van der Waals surface area contributed by atoms with Crippen LogP contribution in [0.25, 0.3) is 0 Å². The number of aliphatic carboxylic acids is 1. The van der Waals surface area contributed by atoms with Crippen LogP contribution in [0.2, 0.25) is 0 Å². The summed E-state index contributed by atoms with van der Waals surface area (Å²) in [6.07, 6.45) is 2.21. The number of hydrogen-bond acceptors (Lipinski definition) is 3. The Labute approximate surface area is 112 Å². The quantitative estimate of drug-likeness (QED) is 0.886. The van der Waals surface area contributed by atoms with Gasteiger partial charge in [-0.15, -0.1) is 0 Å². The summed E-state index contributed by atoms with van der Waals surface area (Å²) in [6.45, 7) is 0. The van der Waals surface area contributed by atoms with Gasteiger partial charge in [0, 0.05) is 18.3 Å². The predicted octanol–water partition coefficient (Wildman–Crippen LogP) is 2.62. The van der Waals surface area contributed by atoms with Crippen molar-refractivity contribution in [3.63, 3.8) is 0 Å². The van der Waals surface area contributed by atoms with Crippen molar-refractivity contribution in [2.75, 3.05) is 7.11 Å². The first kappa shape index (κ1) is 13.6. The molecule has 1 aliphatic rings. The highest BCUT2D eigenvalue weighted by Gasteiger charge is 2.34. The number of methoxy groups -OCH3 is 1. The lowest BCUT2D eigenvalue weighted by Crippen LogP contribution is -2.20. The average molecular weight is 262 g/mol. The Hall–Kier alpha value is -1.84. The molecule has 0 aliphatic heterocycles. The number of carboxylic acid groups (broad SMARTS) is 1. The zero-order valence-electron chi connectivity index (χ0n) is 11.0. The number of benzene rings is 1. The fourth-order valence-corrected chi connectivity index (χ4v) is 2.82. The first-order valence-corrected chi connectivity index (χ1v) is 6.50.